The molecule has 0 unspecified atom stereocenters. The summed E-state index contributed by atoms with van der Waals surface area (Å²) in [5.74, 6) is -0.571. The molecule has 24 heavy (non-hydrogen) atoms. The predicted molar refractivity (Wildman–Crippen MR) is 97.7 cm³/mol. The summed E-state index contributed by atoms with van der Waals surface area (Å²) in [5, 5.41) is 14.1. The average Bonchev–Trinajstić information content (AvgIpc) is 2.62. The van der Waals surface area contributed by atoms with Crippen LogP contribution < -0.4 is 5.32 Å². The number of hydrogen-bond donors (Lipinski definition) is 2. The molecule has 1 rings (SSSR count). The largest absolute Gasteiger partial charge is 0.459 e. The second-order valence-electron chi connectivity index (χ2n) is 5.91. The van der Waals surface area contributed by atoms with Gasteiger partial charge in [-0.2, -0.15) is 0 Å². The lowest BCUT2D eigenvalue weighted by atomic mass is 9.88. The first-order valence-corrected chi connectivity index (χ1v) is 8.96. The van der Waals surface area contributed by atoms with Crippen molar-refractivity contribution in [3.63, 3.8) is 0 Å². The van der Waals surface area contributed by atoms with E-state index in [9.17, 15) is 9.90 Å². The summed E-state index contributed by atoms with van der Waals surface area (Å²) in [6.07, 6.45) is 8.11. The van der Waals surface area contributed by atoms with Gasteiger partial charge in [-0.15, -0.1) is 0 Å². The first-order chi connectivity index (χ1) is 11.6. The van der Waals surface area contributed by atoms with Crippen molar-refractivity contribution in [2.75, 3.05) is 19.7 Å². The SMILES string of the molecule is CCCCCC[C@@](O)(C(=O)OC/C=C\CNCC)c1ccccc1. The normalized spacial score (nSPS) is 13.8. The van der Waals surface area contributed by atoms with Gasteiger partial charge in [-0.3, -0.25) is 0 Å². The van der Waals surface area contributed by atoms with E-state index < -0.39 is 11.6 Å². The molecule has 0 heterocycles. The van der Waals surface area contributed by atoms with Crippen LogP contribution in [-0.4, -0.2) is 30.8 Å². The van der Waals surface area contributed by atoms with Crippen molar-refractivity contribution >= 4 is 5.97 Å². The number of hydrogen-bond acceptors (Lipinski definition) is 4. The van der Waals surface area contributed by atoms with Crippen LogP contribution >= 0.6 is 0 Å². The number of rotatable bonds is 12. The van der Waals surface area contributed by atoms with E-state index in [1.54, 1.807) is 18.2 Å². The molecular weight excluding hydrogens is 302 g/mol. The Hall–Kier alpha value is -1.65. The molecule has 0 aliphatic heterocycles. The van der Waals surface area contributed by atoms with E-state index in [0.717, 1.165) is 38.8 Å². The van der Waals surface area contributed by atoms with E-state index in [4.69, 9.17) is 4.74 Å². The molecule has 0 aliphatic rings. The van der Waals surface area contributed by atoms with Gasteiger partial charge >= 0.3 is 5.97 Å². The third kappa shape index (κ3) is 6.85. The Morgan fingerprint density at radius 1 is 1.17 bits per heavy atom. The van der Waals surface area contributed by atoms with E-state index in [0.29, 0.717) is 12.0 Å². The Labute approximate surface area is 145 Å². The summed E-state index contributed by atoms with van der Waals surface area (Å²) in [6.45, 7) is 5.99. The molecule has 0 spiro atoms. The number of aliphatic hydroxyl groups is 1. The molecule has 134 valence electrons. The Morgan fingerprint density at radius 2 is 1.92 bits per heavy atom. The van der Waals surface area contributed by atoms with Crippen molar-refractivity contribution in [2.45, 2.75) is 51.6 Å². The van der Waals surface area contributed by atoms with Gasteiger partial charge in [-0.05, 0) is 31.0 Å². The summed E-state index contributed by atoms with van der Waals surface area (Å²) in [6, 6.07) is 9.09. The molecule has 1 aromatic rings. The van der Waals surface area contributed by atoms with Crippen molar-refractivity contribution in [1.82, 2.24) is 5.32 Å². The number of unbranched alkanes of at least 4 members (excludes halogenated alkanes) is 3. The van der Waals surface area contributed by atoms with Crippen LogP contribution in [0.3, 0.4) is 0 Å². The second-order valence-corrected chi connectivity index (χ2v) is 5.91. The fraction of sp³-hybridized carbons (Fsp3) is 0.550. The second kappa shape index (κ2) is 11.8. The molecule has 0 radical (unpaired) electrons. The molecule has 2 N–H and O–H groups in total. The van der Waals surface area contributed by atoms with Gasteiger partial charge < -0.3 is 15.2 Å². The molecule has 0 aromatic heterocycles. The number of carbonyl (C=O) groups excluding carboxylic acids is 1. The van der Waals surface area contributed by atoms with Gasteiger partial charge in [-0.1, -0.05) is 69.5 Å². The average molecular weight is 333 g/mol. The zero-order chi connectivity index (χ0) is 17.7. The van der Waals surface area contributed by atoms with E-state index in [-0.39, 0.29) is 6.61 Å². The molecule has 1 aromatic carbocycles. The smallest absolute Gasteiger partial charge is 0.343 e. The van der Waals surface area contributed by atoms with Gasteiger partial charge in [0.1, 0.15) is 6.61 Å². The van der Waals surface area contributed by atoms with Crippen molar-refractivity contribution in [2.24, 2.45) is 0 Å². The van der Waals surface area contributed by atoms with Crippen LogP contribution in [0.5, 0.6) is 0 Å². The third-order valence-electron chi connectivity index (χ3n) is 3.97. The first-order valence-electron chi connectivity index (χ1n) is 8.96. The molecule has 0 aliphatic carbocycles. The van der Waals surface area contributed by atoms with Crippen LogP contribution in [0.15, 0.2) is 42.5 Å². The Kier molecular flexibility index (Phi) is 10.0. The monoisotopic (exact) mass is 333 g/mol. The van der Waals surface area contributed by atoms with Gasteiger partial charge in [0.05, 0.1) is 0 Å². The number of nitrogens with one attached hydrogen (secondary N) is 1. The highest BCUT2D eigenvalue weighted by Gasteiger charge is 2.38. The van der Waals surface area contributed by atoms with E-state index in [1.807, 2.05) is 31.2 Å². The van der Waals surface area contributed by atoms with Gasteiger partial charge in [0.15, 0.2) is 5.60 Å². The minimum Gasteiger partial charge on any atom is -0.459 e. The lowest BCUT2D eigenvalue weighted by Crippen LogP contribution is -2.37. The van der Waals surface area contributed by atoms with Gasteiger partial charge in [0.2, 0.25) is 0 Å². The molecular formula is C20H31NO3. The third-order valence-corrected chi connectivity index (χ3v) is 3.97. The molecule has 1 atom stereocenters. The highest BCUT2D eigenvalue weighted by molar-refractivity contribution is 5.81. The maximum Gasteiger partial charge on any atom is 0.343 e. The van der Waals surface area contributed by atoms with Gasteiger partial charge in [-0.25, -0.2) is 4.79 Å². The molecule has 0 bridgehead atoms. The van der Waals surface area contributed by atoms with Crippen molar-refractivity contribution in [3.8, 4) is 0 Å². The minimum absolute atomic E-state index is 0.175. The van der Waals surface area contributed by atoms with E-state index in [2.05, 4.69) is 12.2 Å². The maximum absolute atomic E-state index is 12.5. The van der Waals surface area contributed by atoms with Crippen LogP contribution in [0.25, 0.3) is 0 Å². The maximum atomic E-state index is 12.5. The molecule has 0 saturated carbocycles. The fourth-order valence-corrected chi connectivity index (χ4v) is 2.51. The Morgan fingerprint density at radius 3 is 2.58 bits per heavy atom. The topological polar surface area (TPSA) is 58.6 Å². The zero-order valence-electron chi connectivity index (χ0n) is 15.0. The van der Waals surface area contributed by atoms with Crippen LogP contribution in [0.4, 0.5) is 0 Å². The summed E-state index contributed by atoms with van der Waals surface area (Å²) in [5.41, 5.74) is -0.965. The summed E-state index contributed by atoms with van der Waals surface area (Å²) in [4.78, 5) is 12.5. The number of likely N-dealkylation sites (N-methyl/N-ethyl adjacent to an activating group) is 1. The van der Waals surface area contributed by atoms with Crippen molar-refractivity contribution < 1.29 is 14.6 Å². The lowest BCUT2D eigenvalue weighted by Gasteiger charge is -2.26. The molecule has 4 nitrogen and oxygen atoms in total. The number of benzene rings is 1. The quantitative estimate of drug-likeness (QED) is 0.349. The molecule has 4 heteroatoms. The van der Waals surface area contributed by atoms with Crippen LogP contribution in [0.1, 0.15) is 51.5 Å². The van der Waals surface area contributed by atoms with Crippen molar-refractivity contribution in [1.29, 1.82) is 0 Å². The minimum atomic E-state index is -1.56. The molecule has 0 fully saturated rings. The zero-order valence-corrected chi connectivity index (χ0v) is 15.0. The van der Waals surface area contributed by atoms with Crippen LogP contribution in [-0.2, 0) is 15.1 Å². The summed E-state index contributed by atoms with van der Waals surface area (Å²) in [7, 11) is 0. The van der Waals surface area contributed by atoms with Crippen molar-refractivity contribution in [3.05, 3.63) is 48.0 Å². The summed E-state index contributed by atoms with van der Waals surface area (Å²) < 4.78 is 5.30. The van der Waals surface area contributed by atoms with Gasteiger partial charge in [0, 0.05) is 6.54 Å². The van der Waals surface area contributed by atoms with Crippen LogP contribution in [0.2, 0.25) is 0 Å². The Bertz CT molecular complexity index is 487. The highest BCUT2D eigenvalue weighted by Crippen LogP contribution is 2.29. The van der Waals surface area contributed by atoms with Crippen LogP contribution in [0, 0.1) is 0 Å². The van der Waals surface area contributed by atoms with E-state index in [1.165, 1.54) is 0 Å². The van der Waals surface area contributed by atoms with E-state index >= 15 is 0 Å². The lowest BCUT2D eigenvalue weighted by molar-refractivity contribution is -0.166. The first kappa shape index (κ1) is 20.4. The number of esters is 1. The fourth-order valence-electron chi connectivity index (χ4n) is 2.51. The summed E-state index contributed by atoms with van der Waals surface area (Å²) >= 11 is 0. The number of ether oxygens (including phenoxy) is 1. The number of carbonyl (C=O) groups is 1. The Balaban J connectivity index is 2.66. The highest BCUT2D eigenvalue weighted by atomic mass is 16.5. The predicted octanol–water partition coefficient (Wildman–Crippen LogP) is 3.55. The molecule has 0 saturated heterocycles. The molecule has 0 amide bonds. The van der Waals surface area contributed by atoms with Gasteiger partial charge in [0.25, 0.3) is 0 Å². The standard InChI is InChI=1S/C20H31NO3/c1-3-5-6-10-15-20(23,18-13-8-7-9-14-18)19(22)24-17-12-11-16-21-4-2/h7-9,11-14,21,23H,3-6,10,15-17H2,1-2H3/b12-11-/t20-/m0/s1.